The first-order valence-corrected chi connectivity index (χ1v) is 9.30. The summed E-state index contributed by atoms with van der Waals surface area (Å²) in [5.41, 5.74) is 0.421. The van der Waals surface area contributed by atoms with E-state index < -0.39 is 0 Å². The van der Waals surface area contributed by atoms with Gasteiger partial charge in [0.15, 0.2) is 6.29 Å². The first-order chi connectivity index (χ1) is 12.2. The fraction of sp³-hybridized carbons (Fsp3) is 0.444. The molecule has 2 saturated heterocycles. The molecule has 0 aliphatic carbocycles. The average Bonchev–Trinajstić information content (AvgIpc) is 3.34. The van der Waals surface area contributed by atoms with Crippen LogP contribution in [0.1, 0.15) is 28.9 Å². The van der Waals surface area contributed by atoms with Crippen LogP contribution in [0.2, 0.25) is 0 Å². The number of carbonyl (C=O) groups excluding carboxylic acids is 1. The molecule has 3 heterocycles. The Morgan fingerprint density at radius 3 is 2.84 bits per heavy atom. The monoisotopic (exact) mass is 362 g/mol. The van der Waals surface area contributed by atoms with E-state index in [1.165, 1.54) is 23.6 Å². The number of ether oxygens (including phenoxy) is 2. The van der Waals surface area contributed by atoms with Gasteiger partial charge in [0.05, 0.1) is 25.5 Å². The number of hydrogen-bond acceptors (Lipinski definition) is 5. The van der Waals surface area contributed by atoms with Crippen molar-refractivity contribution in [3.8, 4) is 10.6 Å². The van der Waals surface area contributed by atoms with Crippen LogP contribution in [-0.2, 0) is 9.47 Å². The van der Waals surface area contributed by atoms with E-state index in [4.69, 9.17) is 9.47 Å². The topological polar surface area (TPSA) is 51.7 Å². The molecule has 1 unspecified atom stereocenters. The maximum atomic E-state index is 13.9. The molecule has 1 atom stereocenters. The third-order valence-electron chi connectivity index (χ3n) is 4.59. The van der Waals surface area contributed by atoms with Crippen LogP contribution in [0.25, 0.3) is 10.6 Å². The standard InChI is InChI=1S/C18H19FN2O3S/c19-13-6-2-1-5-12(13)16-20-11-15(25-16)17(22)21-8-4-3-7-14(21)18-23-9-10-24-18/h1-2,5-6,11,14,18H,3-4,7-10H2. The number of carbonyl (C=O) groups is 1. The molecular formula is C18H19FN2O3S. The molecule has 1 aromatic carbocycles. The second kappa shape index (κ2) is 7.19. The third-order valence-corrected chi connectivity index (χ3v) is 5.61. The Morgan fingerprint density at radius 2 is 2.04 bits per heavy atom. The molecule has 7 heteroatoms. The largest absolute Gasteiger partial charge is 0.348 e. The summed E-state index contributed by atoms with van der Waals surface area (Å²) in [5, 5.41) is 0.517. The average molecular weight is 362 g/mol. The van der Waals surface area contributed by atoms with Gasteiger partial charge in [0.2, 0.25) is 0 Å². The zero-order valence-corrected chi connectivity index (χ0v) is 14.5. The Labute approximate surface area is 149 Å². The van der Waals surface area contributed by atoms with Crippen LogP contribution in [0, 0.1) is 5.82 Å². The normalized spacial score (nSPS) is 21.6. The molecule has 1 aromatic heterocycles. The van der Waals surface area contributed by atoms with E-state index in [9.17, 15) is 9.18 Å². The minimum atomic E-state index is -0.344. The summed E-state index contributed by atoms with van der Waals surface area (Å²) in [6.45, 7) is 1.82. The summed E-state index contributed by atoms with van der Waals surface area (Å²) in [5.74, 6) is -0.414. The quantitative estimate of drug-likeness (QED) is 0.841. The van der Waals surface area contributed by atoms with Crippen molar-refractivity contribution in [2.45, 2.75) is 31.6 Å². The van der Waals surface area contributed by atoms with Crippen LogP contribution in [0.5, 0.6) is 0 Å². The van der Waals surface area contributed by atoms with Crippen LogP contribution in [-0.4, -0.2) is 47.9 Å². The van der Waals surface area contributed by atoms with Gasteiger partial charge in [-0.05, 0) is 31.4 Å². The van der Waals surface area contributed by atoms with Crippen molar-refractivity contribution in [2.24, 2.45) is 0 Å². The number of amides is 1. The molecule has 5 nitrogen and oxygen atoms in total. The molecule has 0 bridgehead atoms. The maximum Gasteiger partial charge on any atom is 0.266 e. The number of piperidine rings is 1. The number of rotatable bonds is 3. The first-order valence-electron chi connectivity index (χ1n) is 8.49. The lowest BCUT2D eigenvalue weighted by Crippen LogP contribution is -2.50. The van der Waals surface area contributed by atoms with Crippen molar-refractivity contribution in [3.05, 3.63) is 41.2 Å². The lowest BCUT2D eigenvalue weighted by molar-refractivity contribution is -0.100. The summed E-state index contributed by atoms with van der Waals surface area (Å²) in [6.07, 6.45) is 4.09. The Bertz CT molecular complexity index is 760. The third kappa shape index (κ3) is 3.31. The van der Waals surface area contributed by atoms with Gasteiger partial charge in [-0.1, -0.05) is 12.1 Å². The molecule has 0 spiro atoms. The molecule has 2 aliphatic heterocycles. The summed E-state index contributed by atoms with van der Waals surface area (Å²) >= 11 is 1.22. The van der Waals surface area contributed by atoms with E-state index >= 15 is 0 Å². The van der Waals surface area contributed by atoms with Gasteiger partial charge < -0.3 is 14.4 Å². The molecule has 25 heavy (non-hydrogen) atoms. The van der Waals surface area contributed by atoms with Gasteiger partial charge in [0, 0.05) is 12.1 Å². The summed E-state index contributed by atoms with van der Waals surface area (Å²) < 4.78 is 25.2. The van der Waals surface area contributed by atoms with Gasteiger partial charge in [0.25, 0.3) is 5.91 Å². The Hall–Kier alpha value is -1.83. The molecule has 4 rings (SSSR count). The van der Waals surface area contributed by atoms with E-state index in [-0.39, 0.29) is 24.1 Å². The number of likely N-dealkylation sites (tertiary alicyclic amines) is 1. The van der Waals surface area contributed by atoms with Gasteiger partial charge in [-0.15, -0.1) is 11.3 Å². The predicted molar refractivity (Wildman–Crippen MR) is 91.9 cm³/mol. The highest BCUT2D eigenvalue weighted by atomic mass is 32.1. The first kappa shape index (κ1) is 16.6. The minimum Gasteiger partial charge on any atom is -0.348 e. The smallest absolute Gasteiger partial charge is 0.266 e. The molecule has 2 aliphatic rings. The van der Waals surface area contributed by atoms with E-state index in [2.05, 4.69) is 4.98 Å². The van der Waals surface area contributed by atoms with E-state index in [0.717, 1.165) is 19.3 Å². The highest BCUT2D eigenvalue weighted by Crippen LogP contribution is 2.31. The van der Waals surface area contributed by atoms with Gasteiger partial charge >= 0.3 is 0 Å². The Kier molecular flexibility index (Phi) is 4.78. The van der Waals surface area contributed by atoms with E-state index in [0.29, 0.717) is 35.2 Å². The van der Waals surface area contributed by atoms with Gasteiger partial charge in [0.1, 0.15) is 15.7 Å². The van der Waals surface area contributed by atoms with E-state index in [1.54, 1.807) is 18.2 Å². The Morgan fingerprint density at radius 1 is 1.24 bits per heavy atom. The molecule has 2 aromatic rings. The number of halogens is 1. The van der Waals surface area contributed by atoms with Crippen LogP contribution in [0.15, 0.2) is 30.5 Å². The molecule has 0 radical (unpaired) electrons. The van der Waals surface area contributed by atoms with Gasteiger partial charge in [-0.25, -0.2) is 9.37 Å². The lowest BCUT2D eigenvalue weighted by Gasteiger charge is -2.37. The summed E-state index contributed by atoms with van der Waals surface area (Å²) in [4.78, 5) is 19.6. The predicted octanol–water partition coefficient (Wildman–Crippen LogP) is 3.32. The van der Waals surface area contributed by atoms with Crippen molar-refractivity contribution in [3.63, 3.8) is 0 Å². The fourth-order valence-electron chi connectivity index (χ4n) is 3.36. The van der Waals surface area contributed by atoms with Gasteiger partial charge in [-0.3, -0.25) is 4.79 Å². The van der Waals surface area contributed by atoms with Crippen molar-refractivity contribution in [1.82, 2.24) is 9.88 Å². The van der Waals surface area contributed by atoms with Crippen molar-refractivity contribution in [1.29, 1.82) is 0 Å². The highest BCUT2D eigenvalue weighted by molar-refractivity contribution is 7.16. The molecule has 0 saturated carbocycles. The van der Waals surface area contributed by atoms with Crippen LogP contribution in [0.4, 0.5) is 4.39 Å². The van der Waals surface area contributed by atoms with E-state index in [1.807, 2.05) is 4.90 Å². The summed E-state index contributed by atoms with van der Waals surface area (Å²) in [6, 6.07) is 6.40. The fourth-order valence-corrected chi connectivity index (χ4v) is 4.26. The zero-order valence-electron chi connectivity index (χ0n) is 13.7. The number of nitrogens with zero attached hydrogens (tertiary/aromatic N) is 2. The molecule has 2 fully saturated rings. The van der Waals surface area contributed by atoms with Crippen molar-refractivity contribution >= 4 is 17.2 Å². The van der Waals surface area contributed by atoms with Crippen LogP contribution < -0.4 is 0 Å². The second-order valence-electron chi connectivity index (χ2n) is 6.18. The SMILES string of the molecule is O=C(c1cnc(-c2ccccc2F)s1)N1CCCCC1C1OCCO1. The summed E-state index contributed by atoms with van der Waals surface area (Å²) in [7, 11) is 0. The second-order valence-corrected chi connectivity index (χ2v) is 7.21. The van der Waals surface area contributed by atoms with Crippen LogP contribution in [0.3, 0.4) is 0 Å². The van der Waals surface area contributed by atoms with Crippen molar-refractivity contribution < 1.29 is 18.7 Å². The lowest BCUT2D eigenvalue weighted by atomic mass is 10.0. The van der Waals surface area contributed by atoms with Gasteiger partial charge in [-0.2, -0.15) is 0 Å². The maximum absolute atomic E-state index is 13.9. The number of aromatic nitrogens is 1. The minimum absolute atomic E-state index is 0.0669. The zero-order chi connectivity index (χ0) is 17.2. The molecule has 132 valence electrons. The Balaban J connectivity index is 1.56. The van der Waals surface area contributed by atoms with Crippen LogP contribution >= 0.6 is 11.3 Å². The molecule has 0 N–H and O–H groups in total. The molecular weight excluding hydrogens is 343 g/mol. The number of benzene rings is 1. The number of hydrogen-bond donors (Lipinski definition) is 0. The highest BCUT2D eigenvalue weighted by Gasteiger charge is 2.37. The van der Waals surface area contributed by atoms with Crippen molar-refractivity contribution in [2.75, 3.05) is 19.8 Å². The number of thiazole rings is 1. The molecule has 1 amide bonds.